The number of carbonyl (C=O) groups is 1. The van der Waals surface area contributed by atoms with Crippen molar-refractivity contribution in [3.63, 3.8) is 0 Å². The van der Waals surface area contributed by atoms with E-state index in [9.17, 15) is 4.79 Å². The Morgan fingerprint density at radius 2 is 2.20 bits per heavy atom. The molecule has 0 saturated carbocycles. The van der Waals surface area contributed by atoms with Crippen LogP contribution in [0.15, 0.2) is 24.3 Å². The molecule has 1 unspecified atom stereocenters. The number of methoxy groups -OCH3 is 1. The minimum Gasteiger partial charge on any atom is -0.465 e. The Morgan fingerprint density at radius 3 is 2.85 bits per heavy atom. The van der Waals surface area contributed by atoms with E-state index in [0.717, 1.165) is 12.2 Å². The number of aromatic nitrogens is 2. The predicted octanol–water partition coefficient (Wildman–Crippen LogP) is 2.92. The summed E-state index contributed by atoms with van der Waals surface area (Å²) in [6, 6.07) is 8.29. The monoisotopic (exact) mass is 286 g/mol. The molecule has 20 heavy (non-hydrogen) atoms. The molecule has 5 heteroatoms. The first-order valence-electron chi connectivity index (χ1n) is 6.38. The second-order valence-corrected chi connectivity index (χ2v) is 5.26. The maximum atomic E-state index is 11.7. The fourth-order valence-corrected chi connectivity index (χ4v) is 2.95. The van der Waals surface area contributed by atoms with Gasteiger partial charge in [0.25, 0.3) is 0 Å². The van der Waals surface area contributed by atoms with E-state index in [1.54, 1.807) is 0 Å². The molecular weight excluding hydrogens is 272 g/mol. The van der Waals surface area contributed by atoms with Crippen LogP contribution in [0.2, 0.25) is 0 Å². The standard InChI is InChI=1S/C15H14N2O2S/c1-8-12(15(18)19-2)14(20)17-13(16-8)11-7-9-5-3-4-6-10(9)11/h3-6,11H,7H2,1-2H3,(H,16,17,20). The van der Waals surface area contributed by atoms with Gasteiger partial charge in [-0.3, -0.25) is 0 Å². The maximum absolute atomic E-state index is 11.7. The predicted molar refractivity (Wildman–Crippen MR) is 77.5 cm³/mol. The first-order valence-corrected chi connectivity index (χ1v) is 6.79. The molecule has 1 aromatic heterocycles. The van der Waals surface area contributed by atoms with Gasteiger partial charge < -0.3 is 9.72 Å². The van der Waals surface area contributed by atoms with Crippen LogP contribution in [-0.4, -0.2) is 23.0 Å². The molecule has 1 N–H and O–H groups in total. The third kappa shape index (κ3) is 1.94. The number of hydrogen-bond donors (Lipinski definition) is 1. The number of fused-ring (bicyclic) bond motifs is 1. The zero-order valence-corrected chi connectivity index (χ0v) is 12.1. The highest BCUT2D eigenvalue weighted by molar-refractivity contribution is 7.71. The van der Waals surface area contributed by atoms with Gasteiger partial charge in [0.05, 0.1) is 7.11 Å². The average Bonchev–Trinajstić information content (AvgIpc) is 2.39. The van der Waals surface area contributed by atoms with Crippen molar-refractivity contribution in [1.29, 1.82) is 0 Å². The summed E-state index contributed by atoms with van der Waals surface area (Å²) in [5.74, 6) is 0.606. The molecule has 0 fully saturated rings. The second kappa shape index (κ2) is 4.83. The minimum absolute atomic E-state index is 0.235. The van der Waals surface area contributed by atoms with Gasteiger partial charge in [-0.15, -0.1) is 0 Å². The third-order valence-electron chi connectivity index (χ3n) is 3.70. The van der Waals surface area contributed by atoms with E-state index in [1.807, 2.05) is 19.1 Å². The van der Waals surface area contributed by atoms with Crippen molar-refractivity contribution in [2.75, 3.05) is 7.11 Å². The molecule has 0 saturated heterocycles. The topological polar surface area (TPSA) is 55.0 Å². The number of carbonyl (C=O) groups excluding carboxylic acids is 1. The third-order valence-corrected chi connectivity index (χ3v) is 4.00. The molecule has 1 aliphatic carbocycles. The average molecular weight is 286 g/mol. The Hall–Kier alpha value is -2.01. The Labute approximate surface area is 121 Å². The van der Waals surface area contributed by atoms with Gasteiger partial charge in [-0.2, -0.15) is 0 Å². The van der Waals surface area contributed by atoms with Gasteiger partial charge in [-0.05, 0) is 24.5 Å². The lowest BCUT2D eigenvalue weighted by Gasteiger charge is -2.29. The lowest BCUT2D eigenvalue weighted by Crippen LogP contribution is -2.22. The Kier molecular flexibility index (Phi) is 3.14. The Bertz CT molecular complexity index is 752. The molecular formula is C15H14N2O2S. The molecule has 0 aliphatic heterocycles. The fraction of sp³-hybridized carbons (Fsp3) is 0.267. The lowest BCUT2D eigenvalue weighted by molar-refractivity contribution is 0.0598. The number of ether oxygens (including phenoxy) is 1. The van der Waals surface area contributed by atoms with Crippen LogP contribution in [-0.2, 0) is 11.2 Å². The number of H-pyrrole nitrogens is 1. The number of aromatic amines is 1. The highest BCUT2D eigenvalue weighted by atomic mass is 32.1. The van der Waals surface area contributed by atoms with Gasteiger partial charge in [-0.1, -0.05) is 36.5 Å². The number of hydrogen-bond acceptors (Lipinski definition) is 4. The molecule has 0 amide bonds. The highest BCUT2D eigenvalue weighted by Gasteiger charge is 2.29. The van der Waals surface area contributed by atoms with Gasteiger partial charge in [0.1, 0.15) is 16.0 Å². The maximum Gasteiger partial charge on any atom is 0.342 e. The normalized spacial score (nSPS) is 16.2. The Morgan fingerprint density at radius 1 is 1.45 bits per heavy atom. The van der Waals surface area contributed by atoms with Gasteiger partial charge in [0.2, 0.25) is 0 Å². The van der Waals surface area contributed by atoms with Gasteiger partial charge in [-0.25, -0.2) is 9.78 Å². The van der Waals surface area contributed by atoms with Crippen LogP contribution in [0.25, 0.3) is 0 Å². The number of benzene rings is 1. The molecule has 0 radical (unpaired) electrons. The largest absolute Gasteiger partial charge is 0.465 e. The lowest BCUT2D eigenvalue weighted by atomic mass is 9.77. The summed E-state index contributed by atoms with van der Waals surface area (Å²) in [6.45, 7) is 1.82. The first kappa shape index (κ1) is 13.0. The number of rotatable bonds is 2. The number of nitrogens with zero attached hydrogens (tertiary/aromatic N) is 1. The molecule has 0 spiro atoms. The summed E-state index contributed by atoms with van der Waals surface area (Å²) < 4.78 is 5.03. The smallest absolute Gasteiger partial charge is 0.342 e. The molecule has 1 aromatic carbocycles. The summed E-state index contributed by atoms with van der Waals surface area (Å²) in [6.07, 6.45) is 0.950. The van der Waals surface area contributed by atoms with E-state index in [4.69, 9.17) is 17.0 Å². The molecule has 3 rings (SSSR count). The highest BCUT2D eigenvalue weighted by Crippen LogP contribution is 2.38. The van der Waals surface area contributed by atoms with Crippen molar-refractivity contribution in [2.45, 2.75) is 19.3 Å². The first-order chi connectivity index (χ1) is 9.61. The van der Waals surface area contributed by atoms with E-state index in [2.05, 4.69) is 22.1 Å². The van der Waals surface area contributed by atoms with Gasteiger partial charge in [0.15, 0.2) is 0 Å². The van der Waals surface area contributed by atoms with E-state index in [1.165, 1.54) is 18.2 Å². The van der Waals surface area contributed by atoms with Crippen LogP contribution >= 0.6 is 12.2 Å². The molecule has 1 heterocycles. The minimum atomic E-state index is -0.447. The molecule has 0 bridgehead atoms. The molecule has 4 nitrogen and oxygen atoms in total. The van der Waals surface area contributed by atoms with E-state index in [-0.39, 0.29) is 5.92 Å². The van der Waals surface area contributed by atoms with Gasteiger partial charge >= 0.3 is 5.97 Å². The van der Waals surface area contributed by atoms with Crippen LogP contribution in [0.1, 0.15) is 38.9 Å². The van der Waals surface area contributed by atoms with Crippen molar-refractivity contribution >= 4 is 18.2 Å². The van der Waals surface area contributed by atoms with E-state index < -0.39 is 5.97 Å². The van der Waals surface area contributed by atoms with Crippen molar-refractivity contribution < 1.29 is 9.53 Å². The van der Waals surface area contributed by atoms with Crippen LogP contribution in [0.3, 0.4) is 0 Å². The zero-order valence-electron chi connectivity index (χ0n) is 11.3. The summed E-state index contributed by atoms with van der Waals surface area (Å²) in [5, 5.41) is 0. The molecule has 102 valence electrons. The quantitative estimate of drug-likeness (QED) is 0.681. The van der Waals surface area contributed by atoms with Crippen LogP contribution in [0.4, 0.5) is 0 Å². The number of nitrogens with one attached hydrogen (secondary N) is 1. The Balaban J connectivity index is 2.03. The number of esters is 1. The van der Waals surface area contributed by atoms with E-state index >= 15 is 0 Å². The van der Waals surface area contributed by atoms with Crippen molar-refractivity contribution in [2.24, 2.45) is 0 Å². The summed E-state index contributed by atoms with van der Waals surface area (Å²) in [7, 11) is 1.34. The number of aryl methyl sites for hydroxylation is 1. The van der Waals surface area contributed by atoms with Gasteiger partial charge in [0, 0.05) is 11.6 Å². The molecule has 1 atom stereocenters. The van der Waals surface area contributed by atoms with E-state index in [0.29, 0.717) is 15.9 Å². The summed E-state index contributed by atoms with van der Waals surface area (Å²) >= 11 is 5.23. The fourth-order valence-electron chi connectivity index (χ4n) is 2.62. The summed E-state index contributed by atoms with van der Waals surface area (Å²) in [5.41, 5.74) is 3.67. The van der Waals surface area contributed by atoms with Crippen LogP contribution in [0, 0.1) is 11.6 Å². The SMILES string of the molecule is COC(=O)c1c(C)[nH]c(C2Cc3ccccc32)nc1=S. The molecule has 1 aliphatic rings. The van der Waals surface area contributed by atoms with Crippen molar-refractivity contribution in [3.05, 3.63) is 57.1 Å². The summed E-state index contributed by atoms with van der Waals surface area (Å²) in [4.78, 5) is 19.2. The van der Waals surface area contributed by atoms with Crippen LogP contribution in [0.5, 0.6) is 0 Å². The van der Waals surface area contributed by atoms with Crippen molar-refractivity contribution in [1.82, 2.24) is 9.97 Å². The zero-order chi connectivity index (χ0) is 14.3. The second-order valence-electron chi connectivity index (χ2n) is 4.87. The molecule has 2 aromatic rings. The van der Waals surface area contributed by atoms with Crippen LogP contribution < -0.4 is 0 Å². The van der Waals surface area contributed by atoms with Crippen molar-refractivity contribution in [3.8, 4) is 0 Å².